The van der Waals surface area contributed by atoms with E-state index in [2.05, 4.69) is 0 Å². The molecular weight excluding hydrogens is 700 g/mol. The summed E-state index contributed by atoms with van der Waals surface area (Å²) in [7, 11) is -14.4. The van der Waals surface area contributed by atoms with Gasteiger partial charge in [0.15, 0.2) is 0 Å². The molecule has 33 heteroatoms. The summed E-state index contributed by atoms with van der Waals surface area (Å²) in [6, 6.07) is 0. The van der Waals surface area contributed by atoms with Gasteiger partial charge in [-0.3, -0.25) is 0 Å². The van der Waals surface area contributed by atoms with Crippen LogP contribution in [0.3, 0.4) is 0 Å². The van der Waals surface area contributed by atoms with E-state index >= 15 is 0 Å². The van der Waals surface area contributed by atoms with E-state index in [0.29, 0.717) is 0 Å². The predicted molar refractivity (Wildman–Crippen MR) is 68.7 cm³/mol. The Labute approximate surface area is 204 Å². The average molecular weight is 700 g/mol. The molecule has 8 nitrogen and oxygen atoms in total. The van der Waals surface area contributed by atoms with Gasteiger partial charge in [-0.1, -0.05) is 17.2 Å². The van der Waals surface area contributed by atoms with Crippen molar-refractivity contribution in [1.29, 1.82) is 0 Å². The third-order valence-corrected chi connectivity index (χ3v) is 9.95. The molecule has 0 atom stereocenters. The molecular formula is C8F24N4O4Si. The van der Waals surface area contributed by atoms with Crippen molar-refractivity contribution in [1.82, 2.24) is 0 Å². The fourth-order valence-electron chi connectivity index (χ4n) is 3.13. The summed E-state index contributed by atoms with van der Waals surface area (Å²) in [6.07, 6.45) is -78.6. The van der Waals surface area contributed by atoms with Crippen LogP contribution in [0, 0.1) is 20.8 Å². The van der Waals surface area contributed by atoms with Crippen LogP contribution < -0.4 is 0 Å². The fraction of sp³-hybridized carbons (Fsp3) is 1.00. The Balaban J connectivity index is 10.5. The van der Waals surface area contributed by atoms with Gasteiger partial charge in [-0.25, -0.2) is 0 Å². The molecule has 0 aromatic heterocycles. The number of hydroxylamine groups is 8. The van der Waals surface area contributed by atoms with Crippen LogP contribution in [0.4, 0.5) is 105 Å². The number of rotatable bonds is 4. The van der Waals surface area contributed by atoms with E-state index in [-0.39, 0.29) is 0 Å². The first-order valence-electron chi connectivity index (χ1n) is 7.95. The van der Waals surface area contributed by atoms with Crippen LogP contribution in [-0.2, 0) is 0 Å². The van der Waals surface area contributed by atoms with Crippen molar-refractivity contribution < 1.29 is 123 Å². The van der Waals surface area contributed by atoms with E-state index in [1.807, 2.05) is 0 Å². The molecule has 0 heterocycles. The number of quaternary nitrogens is 4. The van der Waals surface area contributed by atoms with E-state index in [9.17, 15) is 126 Å². The van der Waals surface area contributed by atoms with Crippen molar-refractivity contribution in [2.75, 3.05) is 0 Å². The maximum absolute atomic E-state index is 14.4. The first-order chi connectivity index (χ1) is 17.0. The van der Waals surface area contributed by atoms with Gasteiger partial charge in [-0.2, -0.15) is 0 Å². The van der Waals surface area contributed by atoms with Crippen LogP contribution in [0.2, 0.25) is 0 Å². The van der Waals surface area contributed by atoms with Crippen LogP contribution in [-0.4, -0.2) is 76.4 Å². The van der Waals surface area contributed by atoms with Crippen LogP contribution in [0.15, 0.2) is 0 Å². The van der Waals surface area contributed by atoms with E-state index in [0.717, 1.165) is 0 Å². The van der Waals surface area contributed by atoms with Gasteiger partial charge in [0, 0.05) is 0 Å². The molecule has 41 heavy (non-hydrogen) atoms. The van der Waals surface area contributed by atoms with E-state index in [1.165, 1.54) is 0 Å². The quantitative estimate of drug-likeness (QED) is 0.139. The molecule has 0 N–H and O–H groups in total. The second-order valence-electron chi connectivity index (χ2n) is 6.78. The van der Waals surface area contributed by atoms with Gasteiger partial charge in [0.25, 0.3) is 0 Å². The molecule has 0 aliphatic heterocycles. The highest BCUT2D eigenvalue weighted by Crippen LogP contribution is 2.69. The molecule has 0 unspecified atom stereocenters. The molecule has 0 bridgehead atoms. The van der Waals surface area contributed by atoms with E-state index < -0.39 is 76.4 Å². The summed E-state index contributed by atoms with van der Waals surface area (Å²) < 4.78 is 282. The maximum atomic E-state index is 13.3. The molecule has 0 rings (SSSR count). The normalized spacial score (nSPS) is 17.3. The van der Waals surface area contributed by atoms with Crippen molar-refractivity contribution in [3.05, 3.63) is 20.8 Å². The number of nitrogens with zero attached hydrogens (tertiary/aromatic N) is 4. The highest BCUT2D eigenvalue weighted by atomic mass is 28.4. The van der Waals surface area contributed by atoms with Gasteiger partial charge in [0.1, 0.15) is 0 Å². The summed E-state index contributed by atoms with van der Waals surface area (Å²) in [6.45, 7) is 0. The lowest BCUT2D eigenvalue weighted by atomic mass is 10.9. The van der Waals surface area contributed by atoms with Crippen LogP contribution >= 0.6 is 0 Å². The number of hydrogen-bond donors (Lipinski definition) is 0. The first-order valence-corrected chi connectivity index (χ1v) is 9.74. The highest BCUT2D eigenvalue weighted by Gasteiger charge is 3.23. The Morgan fingerprint density at radius 2 is 0.317 bits per heavy atom. The lowest BCUT2D eigenvalue weighted by Crippen LogP contribution is -3.10. The lowest BCUT2D eigenvalue weighted by molar-refractivity contribution is -1.26. The standard InChI is InChI=1S/C8F24N4O4Si/c9-1(10,11)33(37,2(12,13)14)41(34(38,3(15,16)17)4(18,19)20,35(39,5(21,22)23)6(24,25)26)36(40,7(27,28)29)8(30,31)32. The Bertz CT molecular complexity index is 751. The third kappa shape index (κ3) is 4.44. The van der Waals surface area contributed by atoms with Crippen molar-refractivity contribution in [2.24, 2.45) is 0 Å². The summed E-state index contributed by atoms with van der Waals surface area (Å²) >= 11 is 0. The lowest BCUT2D eigenvalue weighted by Gasteiger charge is -2.64. The van der Waals surface area contributed by atoms with E-state index in [1.54, 1.807) is 0 Å². The molecule has 0 aliphatic carbocycles. The van der Waals surface area contributed by atoms with Gasteiger partial charge < -0.3 is 20.8 Å². The van der Waals surface area contributed by atoms with Gasteiger partial charge in [0.05, 0.1) is 0 Å². The Kier molecular flexibility index (Phi) is 8.72. The first kappa shape index (κ1) is 39.2. The number of halogens is 24. The van der Waals surface area contributed by atoms with Gasteiger partial charge in [-0.05, 0) is 0 Å². The summed E-state index contributed by atoms with van der Waals surface area (Å²) in [4.78, 5) is 0. The SMILES string of the molecule is [O-][N+](C(F)(F)F)(C(F)(F)F)[Si]([N+]([O-])(C(F)(F)F)C(F)(F)F)([N+]([O-])(C(F)(F)F)C(F)(F)F)[N+]([O-])(C(F)(F)F)C(F)(F)F. The molecule has 0 aromatic rings. The van der Waals surface area contributed by atoms with E-state index in [4.69, 9.17) is 0 Å². The molecule has 248 valence electrons. The predicted octanol–water partition coefficient (Wildman–Crippen LogP) is 6.84. The maximum Gasteiger partial charge on any atom is 1.08 e. The zero-order valence-electron chi connectivity index (χ0n) is 17.0. The highest BCUT2D eigenvalue weighted by molar-refractivity contribution is 6.51. The minimum atomic E-state index is -14.4. The zero-order chi connectivity index (χ0) is 34.5. The number of alkyl halides is 24. The molecule has 0 fully saturated rings. The van der Waals surface area contributed by atoms with Crippen molar-refractivity contribution in [2.45, 2.75) is 50.4 Å². The average Bonchev–Trinajstić information content (AvgIpc) is 2.60. The topological polar surface area (TPSA) is 92.2 Å². The van der Waals surface area contributed by atoms with Crippen molar-refractivity contribution in [3.8, 4) is 0 Å². The second-order valence-corrected chi connectivity index (χ2v) is 10.5. The summed E-state index contributed by atoms with van der Waals surface area (Å²) in [5.41, 5.74) is 0. The molecule has 0 saturated carbocycles. The van der Waals surface area contributed by atoms with Crippen molar-refractivity contribution in [3.63, 3.8) is 0 Å². The molecule has 0 aliphatic rings. The Morgan fingerprint density at radius 3 is 0.366 bits per heavy atom. The van der Waals surface area contributed by atoms with Crippen molar-refractivity contribution >= 4 is 8.72 Å². The Hall–Kier alpha value is -1.78. The fourth-order valence-corrected chi connectivity index (χ4v) is 8.23. The van der Waals surface area contributed by atoms with Gasteiger partial charge >= 0.3 is 59.1 Å². The largest absolute Gasteiger partial charge is 1.08 e. The molecule has 0 amide bonds. The third-order valence-electron chi connectivity index (χ3n) is 4.55. The monoisotopic (exact) mass is 700 g/mol. The molecule has 0 saturated heterocycles. The minimum absolute atomic E-state index is 9.50. The second kappa shape index (κ2) is 9.11. The van der Waals surface area contributed by atoms with Crippen LogP contribution in [0.1, 0.15) is 0 Å². The summed E-state index contributed by atoms with van der Waals surface area (Å²) in [5, 5.41) is 47.6. The Morgan fingerprint density at radius 1 is 0.244 bits per heavy atom. The van der Waals surface area contributed by atoms with Gasteiger partial charge in [0.2, 0.25) is 0 Å². The zero-order valence-corrected chi connectivity index (χ0v) is 18.0. The minimum Gasteiger partial charge on any atom is -0.626 e. The molecule has 0 radical (unpaired) electrons. The molecule has 0 spiro atoms. The smallest absolute Gasteiger partial charge is 0.626 e. The molecule has 0 aromatic carbocycles. The van der Waals surface area contributed by atoms with Crippen LogP contribution in [0.5, 0.6) is 0 Å². The number of hydrogen-bond acceptors (Lipinski definition) is 4. The van der Waals surface area contributed by atoms with Gasteiger partial charge in [-0.15, -0.1) is 105 Å². The summed E-state index contributed by atoms with van der Waals surface area (Å²) in [5.74, 6) is 0. The van der Waals surface area contributed by atoms with Crippen LogP contribution in [0.25, 0.3) is 0 Å².